The molecule has 2 aromatic heterocycles. The Kier molecular flexibility index (Phi) is 5.46. The number of aryl methyl sites for hydroxylation is 2. The first-order valence-corrected chi connectivity index (χ1v) is 10.8. The van der Waals surface area contributed by atoms with Gasteiger partial charge in [-0.3, -0.25) is 14.4 Å². The van der Waals surface area contributed by atoms with E-state index in [0.717, 1.165) is 61.9 Å². The van der Waals surface area contributed by atoms with E-state index in [1.807, 2.05) is 20.2 Å². The highest BCUT2D eigenvalue weighted by molar-refractivity contribution is 5.87. The van der Waals surface area contributed by atoms with Gasteiger partial charge in [-0.05, 0) is 32.1 Å². The van der Waals surface area contributed by atoms with Crippen LogP contribution >= 0.6 is 0 Å². The molecule has 0 spiro atoms. The summed E-state index contributed by atoms with van der Waals surface area (Å²) >= 11 is 0. The minimum absolute atomic E-state index is 0.0693. The van der Waals surface area contributed by atoms with Gasteiger partial charge in [-0.25, -0.2) is 9.97 Å². The fourth-order valence-corrected chi connectivity index (χ4v) is 4.94. The van der Waals surface area contributed by atoms with Crippen LogP contribution in [0.15, 0.2) is 6.20 Å². The molecule has 3 atom stereocenters. The number of amides is 1. The van der Waals surface area contributed by atoms with E-state index in [2.05, 4.69) is 45.6 Å². The molecule has 0 aliphatic carbocycles. The van der Waals surface area contributed by atoms with Crippen LogP contribution in [0.5, 0.6) is 0 Å². The van der Waals surface area contributed by atoms with Crippen molar-refractivity contribution in [3.8, 4) is 0 Å². The van der Waals surface area contributed by atoms with Crippen molar-refractivity contribution >= 4 is 22.8 Å². The third kappa shape index (κ3) is 3.95. The molecule has 2 saturated heterocycles. The number of rotatable bonds is 3. The van der Waals surface area contributed by atoms with Gasteiger partial charge in [0.15, 0.2) is 5.65 Å². The molecule has 0 saturated carbocycles. The van der Waals surface area contributed by atoms with E-state index in [0.29, 0.717) is 11.8 Å². The van der Waals surface area contributed by atoms with Gasteiger partial charge in [0.2, 0.25) is 5.91 Å². The number of piperazine rings is 1. The SMILES string of the molecule is Cc1nc(N2CCN(C(C)C(=O)N3CC(C)CC(C)C3)CC2)c2cnn(C)c2n1. The van der Waals surface area contributed by atoms with Gasteiger partial charge in [0.05, 0.1) is 17.6 Å². The van der Waals surface area contributed by atoms with Crippen LogP contribution in [0.25, 0.3) is 11.0 Å². The molecule has 4 heterocycles. The maximum atomic E-state index is 13.1. The number of nitrogens with zero attached hydrogens (tertiary/aromatic N) is 7. The summed E-state index contributed by atoms with van der Waals surface area (Å²) in [6, 6.07) is -0.0693. The number of aromatic nitrogens is 4. The van der Waals surface area contributed by atoms with Crippen LogP contribution in [0.3, 0.4) is 0 Å². The number of likely N-dealkylation sites (tertiary alicyclic amines) is 1. The van der Waals surface area contributed by atoms with Crippen LogP contribution in [-0.4, -0.2) is 80.8 Å². The maximum absolute atomic E-state index is 13.1. The van der Waals surface area contributed by atoms with E-state index >= 15 is 0 Å². The molecule has 0 aromatic carbocycles. The minimum Gasteiger partial charge on any atom is -0.353 e. The summed E-state index contributed by atoms with van der Waals surface area (Å²) in [5.41, 5.74) is 0.867. The van der Waals surface area contributed by atoms with E-state index in [9.17, 15) is 4.79 Å². The van der Waals surface area contributed by atoms with Crippen molar-refractivity contribution in [1.82, 2.24) is 29.5 Å². The molecule has 2 aliphatic rings. The lowest BCUT2D eigenvalue weighted by Crippen LogP contribution is -2.56. The van der Waals surface area contributed by atoms with E-state index in [4.69, 9.17) is 4.98 Å². The molecule has 8 heteroatoms. The molecule has 158 valence electrons. The Morgan fingerprint density at radius 2 is 1.76 bits per heavy atom. The summed E-state index contributed by atoms with van der Waals surface area (Å²) in [6.45, 7) is 13.7. The first kappa shape index (κ1) is 20.1. The van der Waals surface area contributed by atoms with Crippen LogP contribution in [0, 0.1) is 18.8 Å². The van der Waals surface area contributed by atoms with Crippen molar-refractivity contribution in [3.63, 3.8) is 0 Å². The van der Waals surface area contributed by atoms with Crippen LogP contribution in [0.2, 0.25) is 0 Å². The molecule has 2 aliphatic heterocycles. The predicted octanol–water partition coefficient (Wildman–Crippen LogP) is 1.69. The summed E-state index contributed by atoms with van der Waals surface area (Å²) in [6.07, 6.45) is 3.07. The van der Waals surface area contributed by atoms with Gasteiger partial charge in [-0.1, -0.05) is 13.8 Å². The van der Waals surface area contributed by atoms with Crippen molar-refractivity contribution in [1.29, 1.82) is 0 Å². The van der Waals surface area contributed by atoms with Gasteiger partial charge in [0.25, 0.3) is 0 Å². The van der Waals surface area contributed by atoms with E-state index in [1.54, 1.807) is 4.68 Å². The largest absolute Gasteiger partial charge is 0.353 e. The predicted molar refractivity (Wildman–Crippen MR) is 114 cm³/mol. The van der Waals surface area contributed by atoms with Gasteiger partial charge in [-0.2, -0.15) is 5.10 Å². The highest BCUT2D eigenvalue weighted by Gasteiger charge is 2.32. The third-order valence-corrected chi connectivity index (χ3v) is 6.38. The van der Waals surface area contributed by atoms with Crippen LogP contribution < -0.4 is 4.90 Å². The van der Waals surface area contributed by atoms with Crippen molar-refractivity contribution in [2.24, 2.45) is 18.9 Å². The van der Waals surface area contributed by atoms with Crippen molar-refractivity contribution in [2.45, 2.75) is 40.2 Å². The van der Waals surface area contributed by atoms with Gasteiger partial charge in [0, 0.05) is 46.3 Å². The number of hydrogen-bond acceptors (Lipinski definition) is 6. The van der Waals surface area contributed by atoms with Gasteiger partial charge in [0.1, 0.15) is 11.6 Å². The number of carbonyl (C=O) groups is 1. The second-order valence-corrected chi connectivity index (χ2v) is 8.99. The molecule has 2 aromatic rings. The topological polar surface area (TPSA) is 70.4 Å². The highest BCUT2D eigenvalue weighted by Crippen LogP contribution is 2.26. The Balaban J connectivity index is 1.42. The molecular weight excluding hydrogens is 366 g/mol. The zero-order valence-corrected chi connectivity index (χ0v) is 18.3. The first-order valence-electron chi connectivity index (χ1n) is 10.8. The summed E-state index contributed by atoms with van der Waals surface area (Å²) in [7, 11) is 1.91. The molecular formula is C21H33N7O. The molecule has 1 amide bonds. The Morgan fingerprint density at radius 1 is 1.10 bits per heavy atom. The lowest BCUT2D eigenvalue weighted by molar-refractivity contribution is -0.139. The molecule has 0 radical (unpaired) electrons. The Bertz CT molecular complexity index is 877. The van der Waals surface area contributed by atoms with Crippen molar-refractivity contribution in [3.05, 3.63) is 12.0 Å². The minimum atomic E-state index is -0.0693. The van der Waals surface area contributed by atoms with Crippen molar-refractivity contribution in [2.75, 3.05) is 44.2 Å². The van der Waals surface area contributed by atoms with Gasteiger partial charge < -0.3 is 9.80 Å². The lowest BCUT2D eigenvalue weighted by atomic mass is 9.91. The van der Waals surface area contributed by atoms with E-state index in [1.165, 1.54) is 6.42 Å². The summed E-state index contributed by atoms with van der Waals surface area (Å²) in [5.74, 6) is 3.18. The lowest BCUT2D eigenvalue weighted by Gasteiger charge is -2.41. The van der Waals surface area contributed by atoms with E-state index < -0.39 is 0 Å². The third-order valence-electron chi connectivity index (χ3n) is 6.38. The summed E-state index contributed by atoms with van der Waals surface area (Å²) < 4.78 is 1.80. The normalized spacial score (nSPS) is 24.9. The summed E-state index contributed by atoms with van der Waals surface area (Å²) in [5, 5.41) is 5.34. The molecule has 8 nitrogen and oxygen atoms in total. The van der Waals surface area contributed by atoms with Gasteiger partial charge in [-0.15, -0.1) is 0 Å². The quantitative estimate of drug-likeness (QED) is 0.782. The standard InChI is InChI=1S/C21H33N7O/c1-14-10-15(2)13-28(12-14)21(29)16(3)26-6-8-27(9-7-26)20-18-11-22-25(5)19(18)23-17(4)24-20/h11,14-16H,6-10,12-13H2,1-5H3. The fraction of sp³-hybridized carbons (Fsp3) is 0.714. The molecule has 4 rings (SSSR count). The second kappa shape index (κ2) is 7.89. The smallest absolute Gasteiger partial charge is 0.239 e. The Hall–Kier alpha value is -2.22. The molecule has 0 bridgehead atoms. The van der Waals surface area contributed by atoms with Crippen LogP contribution in [-0.2, 0) is 11.8 Å². The average molecular weight is 400 g/mol. The number of hydrogen-bond donors (Lipinski definition) is 0. The first-order chi connectivity index (χ1) is 13.8. The Morgan fingerprint density at radius 3 is 2.41 bits per heavy atom. The monoisotopic (exact) mass is 399 g/mol. The molecule has 3 unspecified atom stereocenters. The number of fused-ring (bicyclic) bond motifs is 1. The summed E-state index contributed by atoms with van der Waals surface area (Å²) in [4.78, 5) is 29.0. The number of carbonyl (C=O) groups excluding carboxylic acids is 1. The molecule has 0 N–H and O–H groups in total. The average Bonchev–Trinajstić information content (AvgIpc) is 3.06. The molecule has 2 fully saturated rings. The van der Waals surface area contributed by atoms with Crippen LogP contribution in [0.4, 0.5) is 5.82 Å². The number of piperidine rings is 1. The molecule has 29 heavy (non-hydrogen) atoms. The second-order valence-electron chi connectivity index (χ2n) is 8.99. The maximum Gasteiger partial charge on any atom is 0.239 e. The zero-order chi connectivity index (χ0) is 20.7. The number of anilines is 1. The zero-order valence-electron chi connectivity index (χ0n) is 18.3. The van der Waals surface area contributed by atoms with E-state index in [-0.39, 0.29) is 11.9 Å². The highest BCUT2D eigenvalue weighted by atomic mass is 16.2. The van der Waals surface area contributed by atoms with Gasteiger partial charge >= 0.3 is 0 Å². The fourth-order valence-electron chi connectivity index (χ4n) is 4.94. The Labute approximate surface area is 172 Å². The van der Waals surface area contributed by atoms with Crippen molar-refractivity contribution < 1.29 is 4.79 Å². The van der Waals surface area contributed by atoms with Crippen LogP contribution in [0.1, 0.15) is 33.0 Å².